The van der Waals surface area contributed by atoms with Crippen molar-refractivity contribution >= 4 is 11.7 Å². The molecule has 2 aliphatic rings. The number of nitrogens with zero attached hydrogens (tertiary/aromatic N) is 5. The van der Waals surface area contributed by atoms with Gasteiger partial charge in [0.15, 0.2) is 0 Å². The lowest BCUT2D eigenvalue weighted by Gasteiger charge is -2.34. The Hall–Kier alpha value is -2.41. The number of anilines is 1. The summed E-state index contributed by atoms with van der Waals surface area (Å²) in [4.78, 5) is 14.5. The zero-order valence-electron chi connectivity index (χ0n) is 12.9. The first kappa shape index (κ1) is 14.2. The average Bonchev–Trinajstić information content (AvgIpc) is 3.28. The number of piperazine rings is 1. The summed E-state index contributed by atoms with van der Waals surface area (Å²) in [5.74, 6) is 0.858. The second kappa shape index (κ2) is 6.37. The van der Waals surface area contributed by atoms with Gasteiger partial charge < -0.3 is 9.74 Å². The van der Waals surface area contributed by atoms with Crippen LogP contribution in [0.5, 0.6) is 0 Å². The van der Waals surface area contributed by atoms with E-state index in [-0.39, 0.29) is 6.10 Å². The normalized spacial score (nSPS) is 22.0. The lowest BCUT2D eigenvalue weighted by molar-refractivity contribution is 0.0509. The minimum absolute atomic E-state index is 0.155. The Morgan fingerprint density at radius 2 is 1.96 bits per heavy atom. The molecule has 4 rings (SSSR count). The van der Waals surface area contributed by atoms with E-state index >= 15 is 0 Å². The number of H-pyrrole nitrogens is 1. The predicted octanol–water partition coefficient (Wildman–Crippen LogP) is 1.12. The summed E-state index contributed by atoms with van der Waals surface area (Å²) in [6.07, 6.45) is 2.59. The maximum atomic E-state index is 5.63. The quantitative estimate of drug-likeness (QED) is 0.916. The van der Waals surface area contributed by atoms with Gasteiger partial charge >= 0.3 is 0 Å². The maximum Gasteiger partial charge on any atom is 0.221 e. The number of rotatable bonds is 4. The van der Waals surface area contributed by atoms with Crippen molar-refractivity contribution < 1.29 is 4.84 Å². The molecule has 3 heterocycles. The highest BCUT2D eigenvalue weighted by molar-refractivity contribution is 6.01. The van der Waals surface area contributed by atoms with Gasteiger partial charge in [-0.3, -0.25) is 4.90 Å². The molecule has 1 saturated heterocycles. The number of oxime groups is 1. The summed E-state index contributed by atoms with van der Waals surface area (Å²) < 4.78 is 0. The fraction of sp³-hybridized carbons (Fsp3) is 0.438. The molecule has 0 spiro atoms. The van der Waals surface area contributed by atoms with Gasteiger partial charge in [-0.15, -0.1) is 0 Å². The molecule has 7 nitrogen and oxygen atoms in total. The van der Waals surface area contributed by atoms with Crippen molar-refractivity contribution in [2.24, 2.45) is 5.16 Å². The first-order chi connectivity index (χ1) is 11.4. The van der Waals surface area contributed by atoms with Crippen LogP contribution in [0.25, 0.3) is 0 Å². The van der Waals surface area contributed by atoms with E-state index in [0.717, 1.165) is 56.4 Å². The van der Waals surface area contributed by atoms with Gasteiger partial charge in [-0.1, -0.05) is 35.5 Å². The minimum atomic E-state index is 0.155. The predicted molar refractivity (Wildman–Crippen MR) is 87.5 cm³/mol. The number of aromatic amines is 1. The molecule has 2 aliphatic heterocycles. The molecule has 0 aliphatic carbocycles. The van der Waals surface area contributed by atoms with Gasteiger partial charge in [-0.05, 0) is 5.56 Å². The van der Waals surface area contributed by atoms with Crippen LogP contribution < -0.4 is 4.90 Å². The molecule has 23 heavy (non-hydrogen) atoms. The van der Waals surface area contributed by atoms with Gasteiger partial charge in [-0.2, -0.15) is 10.1 Å². The minimum Gasteiger partial charge on any atom is -0.390 e. The molecule has 1 N–H and O–H groups in total. The molecular weight excluding hydrogens is 292 g/mol. The van der Waals surface area contributed by atoms with Crippen molar-refractivity contribution in [3.05, 3.63) is 42.2 Å². The first-order valence-electron chi connectivity index (χ1n) is 7.99. The highest BCUT2D eigenvalue weighted by atomic mass is 16.6. The molecular formula is C16H20N6O. The van der Waals surface area contributed by atoms with Crippen LogP contribution in [0.3, 0.4) is 0 Å². The zero-order chi connectivity index (χ0) is 15.5. The smallest absolute Gasteiger partial charge is 0.221 e. The van der Waals surface area contributed by atoms with Crippen LogP contribution in [0.2, 0.25) is 0 Å². The van der Waals surface area contributed by atoms with Gasteiger partial charge in [0.05, 0.1) is 5.71 Å². The zero-order valence-corrected chi connectivity index (χ0v) is 12.9. The summed E-state index contributed by atoms with van der Waals surface area (Å²) in [5.41, 5.74) is 2.21. The number of benzene rings is 1. The van der Waals surface area contributed by atoms with Gasteiger partial charge in [0.1, 0.15) is 12.4 Å². The maximum absolute atomic E-state index is 5.63. The van der Waals surface area contributed by atoms with Crippen LogP contribution in [-0.4, -0.2) is 64.6 Å². The molecule has 1 aromatic heterocycles. The third kappa shape index (κ3) is 3.19. The van der Waals surface area contributed by atoms with Gasteiger partial charge in [0, 0.05) is 39.1 Å². The molecule has 0 saturated carbocycles. The molecule has 1 unspecified atom stereocenters. The van der Waals surface area contributed by atoms with E-state index < -0.39 is 0 Å². The summed E-state index contributed by atoms with van der Waals surface area (Å²) in [6.45, 7) is 4.83. The molecule has 7 heteroatoms. The van der Waals surface area contributed by atoms with Crippen molar-refractivity contribution in [3.8, 4) is 0 Å². The van der Waals surface area contributed by atoms with E-state index in [4.69, 9.17) is 4.84 Å². The van der Waals surface area contributed by atoms with Crippen LogP contribution in [0, 0.1) is 0 Å². The Morgan fingerprint density at radius 3 is 2.70 bits per heavy atom. The second-order valence-electron chi connectivity index (χ2n) is 5.93. The molecule has 0 amide bonds. The van der Waals surface area contributed by atoms with Gasteiger partial charge in [0.25, 0.3) is 0 Å². The van der Waals surface area contributed by atoms with E-state index in [2.05, 4.69) is 42.3 Å². The summed E-state index contributed by atoms with van der Waals surface area (Å²) in [7, 11) is 0. The van der Waals surface area contributed by atoms with E-state index in [1.165, 1.54) is 0 Å². The third-order valence-corrected chi connectivity index (χ3v) is 4.38. The molecule has 1 atom stereocenters. The van der Waals surface area contributed by atoms with Crippen molar-refractivity contribution in [3.63, 3.8) is 0 Å². The number of aromatic nitrogens is 3. The molecule has 2 aromatic rings. The highest BCUT2D eigenvalue weighted by Crippen LogP contribution is 2.18. The lowest BCUT2D eigenvalue weighted by Crippen LogP contribution is -2.49. The average molecular weight is 312 g/mol. The number of nitrogens with one attached hydrogen (secondary N) is 1. The molecule has 0 radical (unpaired) electrons. The van der Waals surface area contributed by atoms with Crippen molar-refractivity contribution in [1.82, 2.24) is 20.1 Å². The SMILES string of the molecule is c1ccc(C2=NOC(CN3CCN(c4ncn[nH]4)CC3)C2)cc1. The largest absolute Gasteiger partial charge is 0.390 e. The molecule has 0 bridgehead atoms. The Labute approximate surface area is 134 Å². The second-order valence-corrected chi connectivity index (χ2v) is 5.93. The third-order valence-electron chi connectivity index (χ3n) is 4.38. The first-order valence-corrected chi connectivity index (χ1v) is 7.99. The van der Waals surface area contributed by atoms with Gasteiger partial charge in [-0.25, -0.2) is 5.10 Å². The Kier molecular flexibility index (Phi) is 3.94. The van der Waals surface area contributed by atoms with E-state index in [1.54, 1.807) is 6.33 Å². The fourth-order valence-corrected chi connectivity index (χ4v) is 3.11. The van der Waals surface area contributed by atoms with Crippen molar-refractivity contribution in [1.29, 1.82) is 0 Å². The van der Waals surface area contributed by atoms with Crippen LogP contribution in [0.1, 0.15) is 12.0 Å². The topological polar surface area (TPSA) is 69.6 Å². The Bertz CT molecular complexity index is 648. The standard InChI is InChI=1S/C16H20N6O/c1-2-4-13(5-3-1)15-10-14(23-20-15)11-21-6-8-22(9-7-21)16-17-12-18-19-16/h1-5,12,14H,6-11H2,(H,17,18,19). The molecule has 120 valence electrons. The highest BCUT2D eigenvalue weighted by Gasteiger charge is 2.26. The van der Waals surface area contributed by atoms with Crippen LogP contribution in [0.15, 0.2) is 41.8 Å². The summed E-state index contributed by atoms with van der Waals surface area (Å²) >= 11 is 0. The number of hydrogen-bond donors (Lipinski definition) is 1. The van der Waals surface area contributed by atoms with Crippen molar-refractivity contribution in [2.75, 3.05) is 37.6 Å². The lowest BCUT2D eigenvalue weighted by atomic mass is 10.0. The van der Waals surface area contributed by atoms with Crippen LogP contribution in [-0.2, 0) is 4.84 Å². The molecule has 1 aromatic carbocycles. The van der Waals surface area contributed by atoms with Crippen LogP contribution in [0.4, 0.5) is 5.95 Å². The Morgan fingerprint density at radius 1 is 1.13 bits per heavy atom. The van der Waals surface area contributed by atoms with Crippen molar-refractivity contribution in [2.45, 2.75) is 12.5 Å². The van der Waals surface area contributed by atoms with E-state index in [9.17, 15) is 0 Å². The monoisotopic (exact) mass is 312 g/mol. The summed E-state index contributed by atoms with van der Waals surface area (Å²) in [5, 5.41) is 11.1. The van der Waals surface area contributed by atoms with Crippen LogP contribution >= 0.6 is 0 Å². The summed E-state index contributed by atoms with van der Waals surface area (Å²) in [6, 6.07) is 10.3. The van der Waals surface area contributed by atoms with Gasteiger partial charge in [0.2, 0.25) is 5.95 Å². The Balaban J connectivity index is 1.27. The van der Waals surface area contributed by atoms with E-state index in [0.29, 0.717) is 0 Å². The molecule has 1 fully saturated rings. The van der Waals surface area contributed by atoms with E-state index in [1.807, 2.05) is 18.2 Å². The fourth-order valence-electron chi connectivity index (χ4n) is 3.11. The number of hydrogen-bond acceptors (Lipinski definition) is 6.